The van der Waals surface area contributed by atoms with E-state index in [0.717, 1.165) is 24.4 Å². The highest BCUT2D eigenvalue weighted by atomic mass is 15.1. The molecule has 2 aliphatic carbocycles. The lowest BCUT2D eigenvalue weighted by Gasteiger charge is -2.30. The third kappa shape index (κ3) is 3.01. The van der Waals surface area contributed by atoms with Gasteiger partial charge in [-0.3, -0.25) is 0 Å². The van der Waals surface area contributed by atoms with E-state index in [2.05, 4.69) is 54.6 Å². The summed E-state index contributed by atoms with van der Waals surface area (Å²) in [5, 5.41) is 3.95. The summed E-state index contributed by atoms with van der Waals surface area (Å²) in [7, 11) is 4.33. The minimum absolute atomic E-state index is 0.473. The molecule has 4 atom stereocenters. The molecule has 3 rings (SSSR count). The smallest absolute Gasteiger partial charge is 0.0451 e. The van der Waals surface area contributed by atoms with Crippen LogP contribution in [0, 0.1) is 11.8 Å². The second kappa shape index (κ2) is 5.64. The van der Waals surface area contributed by atoms with Crippen molar-refractivity contribution in [3.8, 4) is 0 Å². The summed E-state index contributed by atoms with van der Waals surface area (Å²) in [5.74, 6) is 1.96. The van der Waals surface area contributed by atoms with E-state index in [1.807, 2.05) is 0 Å². The summed E-state index contributed by atoms with van der Waals surface area (Å²) in [4.78, 5) is 2.29. The fourth-order valence-electron chi connectivity index (χ4n) is 4.01. The molecule has 0 aromatic heterocycles. The van der Waals surface area contributed by atoms with Crippen LogP contribution in [0.4, 0.5) is 0 Å². The van der Waals surface area contributed by atoms with Crippen LogP contribution in [-0.4, -0.2) is 31.6 Å². The zero-order valence-electron chi connectivity index (χ0n) is 12.2. The lowest BCUT2D eigenvalue weighted by atomic mass is 9.93. The Labute approximate surface area is 117 Å². The molecule has 0 saturated heterocycles. The van der Waals surface area contributed by atoms with Crippen molar-refractivity contribution < 1.29 is 0 Å². The second-order valence-electron chi connectivity index (χ2n) is 6.67. The summed E-state index contributed by atoms with van der Waals surface area (Å²) in [6, 6.07) is 12.2. The minimum atomic E-state index is 0.473. The van der Waals surface area contributed by atoms with E-state index in [9.17, 15) is 0 Å². The molecule has 104 valence electrons. The molecule has 2 nitrogen and oxygen atoms in total. The summed E-state index contributed by atoms with van der Waals surface area (Å²) in [5.41, 5.74) is 1.43. The molecule has 1 aromatic carbocycles. The summed E-state index contributed by atoms with van der Waals surface area (Å²) >= 11 is 0. The minimum Gasteiger partial charge on any atom is -0.308 e. The van der Waals surface area contributed by atoms with E-state index >= 15 is 0 Å². The molecular formula is C17H26N2. The van der Waals surface area contributed by atoms with Crippen molar-refractivity contribution in [3.05, 3.63) is 35.9 Å². The first-order chi connectivity index (χ1) is 9.22. The van der Waals surface area contributed by atoms with Crippen LogP contribution in [0.1, 0.15) is 37.3 Å². The normalized spacial score (nSPS) is 31.0. The average Bonchev–Trinajstić information content (AvgIpc) is 3.01. The molecule has 2 aliphatic rings. The second-order valence-corrected chi connectivity index (χ2v) is 6.67. The topological polar surface area (TPSA) is 15.3 Å². The molecule has 0 spiro atoms. The van der Waals surface area contributed by atoms with Crippen LogP contribution in [-0.2, 0) is 0 Å². The number of hydrogen-bond acceptors (Lipinski definition) is 2. The number of benzene rings is 1. The van der Waals surface area contributed by atoms with E-state index in [0.29, 0.717) is 6.04 Å². The lowest BCUT2D eigenvalue weighted by molar-refractivity contribution is 0.275. The van der Waals surface area contributed by atoms with E-state index in [1.54, 1.807) is 0 Å². The van der Waals surface area contributed by atoms with Crippen LogP contribution in [0.3, 0.4) is 0 Å². The van der Waals surface area contributed by atoms with Crippen molar-refractivity contribution in [1.82, 2.24) is 10.2 Å². The van der Waals surface area contributed by atoms with Gasteiger partial charge >= 0.3 is 0 Å². The number of nitrogens with zero attached hydrogens (tertiary/aromatic N) is 1. The highest BCUT2D eigenvalue weighted by Gasteiger charge is 2.40. The Morgan fingerprint density at radius 3 is 2.53 bits per heavy atom. The molecule has 19 heavy (non-hydrogen) atoms. The number of hydrogen-bond donors (Lipinski definition) is 1. The molecule has 0 aliphatic heterocycles. The maximum Gasteiger partial charge on any atom is 0.0451 e. The van der Waals surface area contributed by atoms with Crippen molar-refractivity contribution in [2.45, 2.75) is 37.8 Å². The lowest BCUT2D eigenvalue weighted by Crippen LogP contribution is -2.40. The fourth-order valence-corrected chi connectivity index (χ4v) is 4.01. The first-order valence-corrected chi connectivity index (χ1v) is 7.68. The molecule has 0 heterocycles. The van der Waals surface area contributed by atoms with E-state index in [-0.39, 0.29) is 0 Å². The number of fused-ring (bicyclic) bond motifs is 2. The predicted octanol–water partition coefficient (Wildman–Crippen LogP) is 3.07. The van der Waals surface area contributed by atoms with Gasteiger partial charge in [0.25, 0.3) is 0 Å². The average molecular weight is 258 g/mol. The van der Waals surface area contributed by atoms with Crippen LogP contribution in [0.5, 0.6) is 0 Å². The van der Waals surface area contributed by atoms with Crippen LogP contribution >= 0.6 is 0 Å². The molecule has 1 N–H and O–H groups in total. The third-order valence-electron chi connectivity index (χ3n) is 4.90. The van der Waals surface area contributed by atoms with Gasteiger partial charge in [0.1, 0.15) is 0 Å². The molecule has 0 amide bonds. The van der Waals surface area contributed by atoms with Crippen molar-refractivity contribution in [3.63, 3.8) is 0 Å². The molecule has 4 unspecified atom stereocenters. The van der Waals surface area contributed by atoms with Crippen molar-refractivity contribution in [1.29, 1.82) is 0 Å². The Balaban J connectivity index is 1.69. The quantitative estimate of drug-likeness (QED) is 0.873. The zero-order chi connectivity index (χ0) is 13.2. The Morgan fingerprint density at radius 1 is 1.16 bits per heavy atom. The molecule has 0 radical (unpaired) electrons. The highest BCUT2D eigenvalue weighted by molar-refractivity contribution is 5.19. The summed E-state index contributed by atoms with van der Waals surface area (Å²) in [6.07, 6.45) is 5.81. The number of rotatable bonds is 5. The van der Waals surface area contributed by atoms with Gasteiger partial charge in [-0.15, -0.1) is 0 Å². The van der Waals surface area contributed by atoms with Gasteiger partial charge in [0.05, 0.1) is 0 Å². The zero-order valence-corrected chi connectivity index (χ0v) is 12.2. The SMILES string of the molecule is CN(C)CC(NC1CC2CCC1C2)c1ccccc1. The van der Waals surface area contributed by atoms with E-state index < -0.39 is 0 Å². The van der Waals surface area contributed by atoms with Gasteiger partial charge in [0, 0.05) is 18.6 Å². The summed E-state index contributed by atoms with van der Waals surface area (Å²) in [6.45, 7) is 1.08. The standard InChI is InChI=1S/C17H26N2/c1-19(2)12-17(14-6-4-3-5-7-14)18-16-11-13-8-9-15(16)10-13/h3-7,13,15-18H,8-12H2,1-2H3. The van der Waals surface area contributed by atoms with Crippen LogP contribution in [0.2, 0.25) is 0 Å². The van der Waals surface area contributed by atoms with Gasteiger partial charge in [-0.1, -0.05) is 36.8 Å². The maximum atomic E-state index is 3.95. The van der Waals surface area contributed by atoms with Crippen molar-refractivity contribution in [2.24, 2.45) is 11.8 Å². The monoisotopic (exact) mass is 258 g/mol. The molecule has 2 bridgehead atoms. The highest BCUT2D eigenvalue weighted by Crippen LogP contribution is 2.45. The first kappa shape index (κ1) is 13.1. The van der Waals surface area contributed by atoms with Gasteiger partial charge in [-0.05, 0) is 50.8 Å². The molecule has 1 aromatic rings. The van der Waals surface area contributed by atoms with Gasteiger partial charge in [-0.25, -0.2) is 0 Å². The van der Waals surface area contributed by atoms with Crippen LogP contribution in [0.25, 0.3) is 0 Å². The van der Waals surface area contributed by atoms with E-state index in [1.165, 1.54) is 31.2 Å². The Morgan fingerprint density at radius 2 is 1.95 bits per heavy atom. The molecule has 2 fully saturated rings. The molecular weight excluding hydrogens is 232 g/mol. The summed E-state index contributed by atoms with van der Waals surface area (Å²) < 4.78 is 0. The number of likely N-dealkylation sites (N-methyl/N-ethyl adjacent to an activating group) is 1. The van der Waals surface area contributed by atoms with E-state index in [4.69, 9.17) is 0 Å². The van der Waals surface area contributed by atoms with Crippen molar-refractivity contribution in [2.75, 3.05) is 20.6 Å². The van der Waals surface area contributed by atoms with Crippen LogP contribution < -0.4 is 5.32 Å². The van der Waals surface area contributed by atoms with Gasteiger partial charge < -0.3 is 10.2 Å². The Kier molecular flexibility index (Phi) is 3.90. The maximum absolute atomic E-state index is 3.95. The largest absolute Gasteiger partial charge is 0.308 e. The van der Waals surface area contributed by atoms with Gasteiger partial charge in [-0.2, -0.15) is 0 Å². The molecule has 2 saturated carbocycles. The first-order valence-electron chi connectivity index (χ1n) is 7.68. The van der Waals surface area contributed by atoms with Gasteiger partial charge in [0.15, 0.2) is 0 Å². The van der Waals surface area contributed by atoms with Crippen LogP contribution in [0.15, 0.2) is 30.3 Å². The Bertz CT molecular complexity index is 401. The number of nitrogens with one attached hydrogen (secondary N) is 1. The Hall–Kier alpha value is -0.860. The fraction of sp³-hybridized carbons (Fsp3) is 0.647. The third-order valence-corrected chi connectivity index (χ3v) is 4.90. The predicted molar refractivity (Wildman–Crippen MR) is 80.1 cm³/mol. The van der Waals surface area contributed by atoms with Gasteiger partial charge in [0.2, 0.25) is 0 Å². The molecule has 2 heteroatoms. The van der Waals surface area contributed by atoms with Crippen molar-refractivity contribution >= 4 is 0 Å².